The van der Waals surface area contributed by atoms with E-state index in [9.17, 15) is 9.90 Å². The number of benzene rings is 1. The lowest BCUT2D eigenvalue weighted by atomic mass is 10.0. The van der Waals surface area contributed by atoms with Crippen LogP contribution in [0.15, 0.2) is 24.3 Å². The molecule has 0 radical (unpaired) electrons. The predicted molar refractivity (Wildman–Crippen MR) is 171 cm³/mol. The summed E-state index contributed by atoms with van der Waals surface area (Å²) in [4.78, 5) is 12.1. The number of carbonyl (C=O) groups excluding carboxylic acids is 1. The second-order valence-corrected chi connectivity index (χ2v) is 12.0. The lowest BCUT2D eigenvalue weighted by Gasteiger charge is -2.14. The summed E-state index contributed by atoms with van der Waals surface area (Å²) in [6.45, 7) is 4.36. The van der Waals surface area contributed by atoms with Crippen molar-refractivity contribution < 1.29 is 9.90 Å². The van der Waals surface area contributed by atoms with Crippen molar-refractivity contribution in [3.05, 3.63) is 24.3 Å². The number of nitrogens with one attached hydrogen (secondary N) is 2. The fourth-order valence-electron chi connectivity index (χ4n) is 5.42. The molecule has 0 bridgehead atoms. The Labute approximate surface area is 242 Å². The topological polar surface area (TPSA) is 61.4 Å². The first kappa shape index (κ1) is 35.3. The monoisotopic (exact) mass is 544 g/mol. The maximum Gasteiger partial charge on any atom is 0.319 e. The van der Waals surface area contributed by atoms with Gasteiger partial charge in [-0.15, -0.1) is 0 Å². The Morgan fingerprint density at radius 3 is 1.28 bits per heavy atom. The van der Waals surface area contributed by atoms with Crippen molar-refractivity contribution in [3.63, 3.8) is 0 Å². The standard InChI is InChI=1S/C35H64N2O2/c1-3-4-5-6-7-8-9-10-11-12-13-14-15-16-17-18-19-20-21-22-23-24-25-26-27-32(2)36-35(39)37-33-28-30-34(38)31-29-33/h28-32,38H,3-27H2,1-2H3,(H2,36,37,39). The highest BCUT2D eigenvalue weighted by Gasteiger charge is 2.07. The minimum absolute atomic E-state index is 0.168. The molecule has 0 spiro atoms. The zero-order chi connectivity index (χ0) is 28.2. The van der Waals surface area contributed by atoms with Crippen LogP contribution < -0.4 is 10.6 Å². The van der Waals surface area contributed by atoms with Gasteiger partial charge in [0.1, 0.15) is 5.75 Å². The third kappa shape index (κ3) is 23.9. The van der Waals surface area contributed by atoms with Gasteiger partial charge in [-0.25, -0.2) is 4.79 Å². The second kappa shape index (κ2) is 26.5. The molecule has 1 atom stereocenters. The average molecular weight is 545 g/mol. The molecule has 0 heterocycles. The van der Waals surface area contributed by atoms with E-state index in [0.29, 0.717) is 5.69 Å². The summed E-state index contributed by atoms with van der Waals surface area (Å²) in [5.74, 6) is 0.199. The minimum atomic E-state index is -0.183. The first-order valence-electron chi connectivity index (χ1n) is 17.0. The number of amides is 2. The number of carbonyl (C=O) groups is 1. The normalized spacial score (nSPS) is 11.9. The molecule has 0 fully saturated rings. The van der Waals surface area contributed by atoms with E-state index in [0.717, 1.165) is 6.42 Å². The van der Waals surface area contributed by atoms with Gasteiger partial charge in [0.05, 0.1) is 0 Å². The number of phenols is 1. The van der Waals surface area contributed by atoms with Gasteiger partial charge in [0.25, 0.3) is 0 Å². The summed E-state index contributed by atoms with van der Waals surface area (Å²) >= 11 is 0. The van der Waals surface area contributed by atoms with Crippen LogP contribution in [0.2, 0.25) is 0 Å². The second-order valence-electron chi connectivity index (χ2n) is 12.0. The van der Waals surface area contributed by atoms with Crippen molar-refractivity contribution in [1.82, 2.24) is 5.32 Å². The molecule has 1 rings (SSSR count). The Morgan fingerprint density at radius 1 is 0.590 bits per heavy atom. The molecule has 226 valence electrons. The summed E-state index contributed by atoms with van der Waals surface area (Å²) in [6, 6.07) is 6.52. The third-order valence-corrected chi connectivity index (χ3v) is 7.99. The SMILES string of the molecule is CCCCCCCCCCCCCCCCCCCCCCCCCCC(C)NC(=O)Nc1ccc(O)cc1. The zero-order valence-electron chi connectivity index (χ0n) is 25.9. The highest BCUT2D eigenvalue weighted by Crippen LogP contribution is 2.16. The molecule has 1 aromatic rings. The fourth-order valence-corrected chi connectivity index (χ4v) is 5.42. The Hall–Kier alpha value is -1.71. The maximum absolute atomic E-state index is 12.1. The molecule has 0 aliphatic heterocycles. The van der Waals surface area contributed by atoms with E-state index in [1.807, 2.05) is 0 Å². The quantitative estimate of drug-likeness (QED) is 0.0761. The molecule has 0 saturated carbocycles. The van der Waals surface area contributed by atoms with Gasteiger partial charge in [0.2, 0.25) is 0 Å². The van der Waals surface area contributed by atoms with Gasteiger partial charge in [0.15, 0.2) is 0 Å². The minimum Gasteiger partial charge on any atom is -0.508 e. The van der Waals surface area contributed by atoms with E-state index in [4.69, 9.17) is 0 Å². The van der Waals surface area contributed by atoms with Crippen LogP contribution in [0.3, 0.4) is 0 Å². The Balaban J connectivity index is 1.74. The maximum atomic E-state index is 12.1. The van der Waals surface area contributed by atoms with E-state index in [2.05, 4.69) is 24.5 Å². The van der Waals surface area contributed by atoms with Crippen molar-refractivity contribution in [2.24, 2.45) is 0 Å². The van der Waals surface area contributed by atoms with E-state index < -0.39 is 0 Å². The number of aromatic hydroxyl groups is 1. The van der Waals surface area contributed by atoms with E-state index in [-0.39, 0.29) is 17.8 Å². The van der Waals surface area contributed by atoms with Gasteiger partial charge in [-0.1, -0.05) is 161 Å². The smallest absolute Gasteiger partial charge is 0.319 e. The first-order chi connectivity index (χ1) is 19.1. The van der Waals surface area contributed by atoms with Crippen LogP contribution in [0.5, 0.6) is 5.75 Å². The summed E-state index contributed by atoms with van der Waals surface area (Å²) < 4.78 is 0. The molecular weight excluding hydrogens is 480 g/mol. The molecule has 0 aromatic heterocycles. The number of phenolic OH excluding ortho intramolecular Hbond substituents is 1. The summed E-state index contributed by atoms with van der Waals surface area (Å²) in [7, 11) is 0. The van der Waals surface area contributed by atoms with Crippen LogP contribution in [0.1, 0.15) is 174 Å². The lowest BCUT2D eigenvalue weighted by molar-refractivity contribution is 0.248. The van der Waals surface area contributed by atoms with Crippen LogP contribution in [0.4, 0.5) is 10.5 Å². The summed E-state index contributed by atoms with van der Waals surface area (Å²) in [5.41, 5.74) is 0.687. The Bertz CT molecular complexity index is 661. The van der Waals surface area contributed by atoms with Crippen LogP contribution in [0, 0.1) is 0 Å². The van der Waals surface area contributed by atoms with Crippen molar-refractivity contribution in [2.75, 3.05) is 5.32 Å². The molecule has 2 amide bonds. The fraction of sp³-hybridized carbons (Fsp3) is 0.800. The Morgan fingerprint density at radius 2 is 0.923 bits per heavy atom. The summed E-state index contributed by atoms with van der Waals surface area (Å²) in [5, 5.41) is 15.1. The van der Waals surface area contributed by atoms with Gasteiger partial charge in [-0.2, -0.15) is 0 Å². The molecule has 0 aliphatic rings. The number of unbranched alkanes of at least 4 members (excludes halogenated alkanes) is 23. The number of anilines is 1. The van der Waals surface area contributed by atoms with Gasteiger partial charge < -0.3 is 15.7 Å². The largest absolute Gasteiger partial charge is 0.508 e. The lowest BCUT2D eigenvalue weighted by Crippen LogP contribution is -2.36. The molecule has 39 heavy (non-hydrogen) atoms. The first-order valence-corrected chi connectivity index (χ1v) is 17.0. The van der Waals surface area contributed by atoms with Crippen LogP contribution in [0.25, 0.3) is 0 Å². The van der Waals surface area contributed by atoms with Crippen LogP contribution in [-0.4, -0.2) is 17.2 Å². The van der Waals surface area contributed by atoms with Gasteiger partial charge >= 0.3 is 6.03 Å². The molecule has 4 heteroatoms. The highest BCUT2D eigenvalue weighted by atomic mass is 16.3. The molecule has 1 aromatic carbocycles. The van der Waals surface area contributed by atoms with Gasteiger partial charge in [0, 0.05) is 11.7 Å². The predicted octanol–water partition coefficient (Wildman–Crippen LogP) is 11.7. The van der Waals surface area contributed by atoms with Gasteiger partial charge in [-0.3, -0.25) is 0 Å². The number of hydrogen-bond acceptors (Lipinski definition) is 2. The van der Waals surface area contributed by atoms with Crippen molar-refractivity contribution in [1.29, 1.82) is 0 Å². The van der Waals surface area contributed by atoms with Crippen LogP contribution >= 0.6 is 0 Å². The molecular formula is C35H64N2O2. The molecule has 1 unspecified atom stereocenters. The number of rotatable bonds is 27. The van der Waals surface area contributed by atoms with E-state index in [1.165, 1.54) is 154 Å². The number of hydrogen-bond donors (Lipinski definition) is 3. The third-order valence-electron chi connectivity index (χ3n) is 7.99. The molecule has 0 aliphatic carbocycles. The average Bonchev–Trinajstić information content (AvgIpc) is 2.92. The van der Waals surface area contributed by atoms with E-state index in [1.54, 1.807) is 24.3 Å². The number of urea groups is 1. The highest BCUT2D eigenvalue weighted by molar-refractivity contribution is 5.89. The van der Waals surface area contributed by atoms with Crippen molar-refractivity contribution in [2.45, 2.75) is 180 Å². The zero-order valence-corrected chi connectivity index (χ0v) is 25.9. The van der Waals surface area contributed by atoms with Crippen molar-refractivity contribution >= 4 is 11.7 Å². The Kier molecular flexibility index (Phi) is 24.0. The molecule has 0 saturated heterocycles. The molecule has 4 nitrogen and oxygen atoms in total. The van der Waals surface area contributed by atoms with Crippen LogP contribution in [-0.2, 0) is 0 Å². The molecule has 3 N–H and O–H groups in total. The van der Waals surface area contributed by atoms with Crippen molar-refractivity contribution in [3.8, 4) is 5.75 Å². The summed E-state index contributed by atoms with van der Waals surface area (Å²) in [6.07, 6.45) is 34.9. The van der Waals surface area contributed by atoms with Gasteiger partial charge in [-0.05, 0) is 37.6 Å². The van der Waals surface area contributed by atoms with E-state index >= 15 is 0 Å².